The monoisotopic (exact) mass is 299 g/mol. The van der Waals surface area contributed by atoms with Crippen LogP contribution in [0.1, 0.15) is 37.7 Å². The number of hydrogen-bond donors (Lipinski definition) is 1. The summed E-state index contributed by atoms with van der Waals surface area (Å²) in [6, 6.07) is 5.26. The topological polar surface area (TPSA) is 12.0 Å². The molecule has 0 spiro atoms. The van der Waals surface area contributed by atoms with Gasteiger partial charge in [-0.1, -0.05) is 41.3 Å². The average Bonchev–Trinajstić information content (AvgIpc) is 2.33. The maximum Gasteiger partial charge on any atom is 0.128 e. The number of nitrogens with one attached hydrogen (secondary N) is 1. The van der Waals surface area contributed by atoms with Crippen LogP contribution in [-0.2, 0) is 6.54 Å². The van der Waals surface area contributed by atoms with Crippen molar-refractivity contribution in [1.29, 1.82) is 0 Å². The van der Waals surface area contributed by atoms with E-state index in [1.54, 1.807) is 0 Å². The summed E-state index contributed by atoms with van der Waals surface area (Å²) in [5.74, 6) is 0.665. The van der Waals surface area contributed by atoms with Crippen LogP contribution in [0.25, 0.3) is 0 Å². The second-order valence-corrected chi connectivity index (χ2v) is 5.79. The van der Waals surface area contributed by atoms with E-state index < -0.39 is 0 Å². The van der Waals surface area contributed by atoms with Gasteiger partial charge in [0.2, 0.25) is 0 Å². The lowest BCUT2D eigenvalue weighted by Crippen LogP contribution is -2.24. The van der Waals surface area contributed by atoms with Gasteiger partial charge in [0.25, 0.3) is 0 Å². The standard InChI is InChI=1S/C14H19BrFN/c15-13-7-6-12(14(16)8-13)10-17-9-11-4-2-1-3-5-11/h6-8,11,17H,1-5,9-10H2. The fourth-order valence-corrected chi connectivity index (χ4v) is 2.80. The Morgan fingerprint density at radius 3 is 2.71 bits per heavy atom. The van der Waals surface area contributed by atoms with Crippen molar-refractivity contribution in [2.75, 3.05) is 6.54 Å². The third kappa shape index (κ3) is 4.07. The summed E-state index contributed by atoms with van der Waals surface area (Å²) in [5.41, 5.74) is 0.754. The van der Waals surface area contributed by atoms with Gasteiger partial charge >= 0.3 is 0 Å². The van der Waals surface area contributed by atoms with Crippen molar-refractivity contribution in [3.63, 3.8) is 0 Å². The molecule has 17 heavy (non-hydrogen) atoms. The van der Waals surface area contributed by atoms with Crippen LogP contribution in [0.4, 0.5) is 4.39 Å². The van der Waals surface area contributed by atoms with Crippen molar-refractivity contribution in [2.24, 2.45) is 5.92 Å². The molecule has 0 atom stereocenters. The van der Waals surface area contributed by atoms with E-state index in [4.69, 9.17) is 0 Å². The second kappa shape index (κ2) is 6.50. The molecular formula is C14H19BrFN. The molecule has 1 nitrogen and oxygen atoms in total. The third-order valence-corrected chi connectivity index (χ3v) is 3.98. The molecule has 0 saturated heterocycles. The van der Waals surface area contributed by atoms with Gasteiger partial charge in [0.1, 0.15) is 5.82 Å². The molecule has 1 aliphatic rings. The van der Waals surface area contributed by atoms with Gasteiger partial charge in [-0.05, 0) is 37.4 Å². The molecule has 0 unspecified atom stereocenters. The molecule has 1 aromatic carbocycles. The summed E-state index contributed by atoms with van der Waals surface area (Å²) in [6.07, 6.45) is 6.77. The Balaban J connectivity index is 1.77. The van der Waals surface area contributed by atoms with Crippen molar-refractivity contribution >= 4 is 15.9 Å². The summed E-state index contributed by atoms with van der Waals surface area (Å²) < 4.78 is 14.3. The van der Waals surface area contributed by atoms with Gasteiger partial charge in [0.05, 0.1) is 0 Å². The van der Waals surface area contributed by atoms with Crippen LogP contribution in [-0.4, -0.2) is 6.54 Å². The van der Waals surface area contributed by atoms with E-state index in [0.29, 0.717) is 6.54 Å². The first kappa shape index (κ1) is 13.0. The fraction of sp³-hybridized carbons (Fsp3) is 0.571. The molecule has 1 fully saturated rings. The van der Waals surface area contributed by atoms with Crippen LogP contribution in [0, 0.1) is 11.7 Å². The highest BCUT2D eigenvalue weighted by Crippen LogP contribution is 2.23. The normalized spacial score (nSPS) is 17.3. The molecule has 94 valence electrons. The second-order valence-electron chi connectivity index (χ2n) is 4.87. The van der Waals surface area contributed by atoms with Crippen molar-refractivity contribution < 1.29 is 4.39 Å². The van der Waals surface area contributed by atoms with Gasteiger partial charge in [-0.2, -0.15) is 0 Å². The highest BCUT2D eigenvalue weighted by molar-refractivity contribution is 9.10. The SMILES string of the molecule is Fc1cc(Br)ccc1CNCC1CCCCC1. The van der Waals surface area contributed by atoms with Crippen LogP contribution >= 0.6 is 15.9 Å². The van der Waals surface area contributed by atoms with Crippen molar-refractivity contribution in [3.05, 3.63) is 34.1 Å². The molecule has 0 radical (unpaired) electrons. The Labute approximate surface area is 111 Å². The van der Waals surface area contributed by atoms with Gasteiger partial charge in [-0.3, -0.25) is 0 Å². The van der Waals surface area contributed by atoms with Crippen molar-refractivity contribution in [1.82, 2.24) is 5.32 Å². The minimum Gasteiger partial charge on any atom is -0.312 e. The molecule has 1 N–H and O–H groups in total. The minimum atomic E-state index is -0.129. The van der Waals surface area contributed by atoms with Gasteiger partial charge in [0.15, 0.2) is 0 Å². The zero-order chi connectivity index (χ0) is 12.1. The first-order valence-electron chi connectivity index (χ1n) is 6.40. The number of rotatable bonds is 4. The predicted molar refractivity (Wildman–Crippen MR) is 72.4 cm³/mol. The summed E-state index contributed by atoms with van der Waals surface area (Å²) in [5, 5.41) is 3.38. The molecule has 0 aromatic heterocycles. The first-order valence-corrected chi connectivity index (χ1v) is 7.19. The van der Waals surface area contributed by atoms with E-state index in [9.17, 15) is 4.39 Å². The summed E-state index contributed by atoms with van der Waals surface area (Å²) in [4.78, 5) is 0. The largest absolute Gasteiger partial charge is 0.312 e. The Kier molecular flexibility index (Phi) is 4.99. The lowest BCUT2D eigenvalue weighted by Gasteiger charge is -2.21. The number of halogens is 2. The molecule has 0 amide bonds. The molecule has 0 aliphatic heterocycles. The van der Waals surface area contributed by atoms with Crippen LogP contribution in [0.2, 0.25) is 0 Å². The van der Waals surface area contributed by atoms with Gasteiger partial charge in [0, 0.05) is 16.6 Å². The third-order valence-electron chi connectivity index (χ3n) is 3.49. The quantitative estimate of drug-likeness (QED) is 0.876. The highest BCUT2D eigenvalue weighted by Gasteiger charge is 2.12. The Morgan fingerprint density at radius 1 is 1.24 bits per heavy atom. The Hall–Kier alpha value is -0.410. The molecule has 3 heteroatoms. The van der Waals surface area contributed by atoms with E-state index in [1.807, 2.05) is 12.1 Å². The lowest BCUT2D eigenvalue weighted by molar-refractivity contribution is 0.341. The zero-order valence-corrected chi connectivity index (χ0v) is 11.6. The van der Waals surface area contributed by atoms with Crippen LogP contribution in [0.15, 0.2) is 22.7 Å². The maximum atomic E-state index is 13.5. The number of hydrogen-bond acceptors (Lipinski definition) is 1. The molecular weight excluding hydrogens is 281 g/mol. The number of benzene rings is 1. The van der Waals surface area contributed by atoms with E-state index in [2.05, 4.69) is 21.2 Å². The smallest absolute Gasteiger partial charge is 0.128 e. The Bertz CT molecular complexity index is 361. The van der Waals surface area contributed by atoms with Crippen molar-refractivity contribution in [3.8, 4) is 0 Å². The molecule has 0 heterocycles. The van der Waals surface area contributed by atoms with Crippen LogP contribution < -0.4 is 5.32 Å². The van der Waals surface area contributed by atoms with Gasteiger partial charge < -0.3 is 5.32 Å². The van der Waals surface area contributed by atoms with Crippen LogP contribution in [0.3, 0.4) is 0 Å². The summed E-state index contributed by atoms with van der Waals surface area (Å²) >= 11 is 3.27. The predicted octanol–water partition coefficient (Wildman–Crippen LogP) is 4.26. The van der Waals surface area contributed by atoms with E-state index >= 15 is 0 Å². The summed E-state index contributed by atoms with van der Waals surface area (Å²) in [7, 11) is 0. The first-order chi connectivity index (χ1) is 8.25. The lowest BCUT2D eigenvalue weighted by atomic mass is 9.89. The van der Waals surface area contributed by atoms with Crippen molar-refractivity contribution in [2.45, 2.75) is 38.6 Å². The average molecular weight is 300 g/mol. The molecule has 1 aliphatic carbocycles. The fourth-order valence-electron chi connectivity index (χ4n) is 2.47. The molecule has 1 saturated carbocycles. The summed E-state index contributed by atoms with van der Waals surface area (Å²) in [6.45, 7) is 1.66. The minimum absolute atomic E-state index is 0.129. The van der Waals surface area contributed by atoms with E-state index in [0.717, 1.165) is 22.5 Å². The van der Waals surface area contributed by atoms with Crippen LogP contribution in [0.5, 0.6) is 0 Å². The van der Waals surface area contributed by atoms with E-state index in [1.165, 1.54) is 38.2 Å². The molecule has 0 bridgehead atoms. The Morgan fingerprint density at radius 2 is 2.00 bits per heavy atom. The highest BCUT2D eigenvalue weighted by atomic mass is 79.9. The van der Waals surface area contributed by atoms with E-state index in [-0.39, 0.29) is 5.82 Å². The zero-order valence-electron chi connectivity index (χ0n) is 10.0. The maximum absolute atomic E-state index is 13.5. The van der Waals surface area contributed by atoms with Gasteiger partial charge in [-0.25, -0.2) is 4.39 Å². The van der Waals surface area contributed by atoms with Gasteiger partial charge in [-0.15, -0.1) is 0 Å². The molecule has 2 rings (SSSR count). The molecule has 1 aromatic rings.